The number of methoxy groups -OCH3 is 2. The molecule has 236 valence electrons. The highest BCUT2D eigenvalue weighted by atomic mass is 32.2. The van der Waals surface area contributed by atoms with Crippen LogP contribution in [0.4, 0.5) is 0 Å². The maximum absolute atomic E-state index is 11.9. The van der Waals surface area contributed by atoms with E-state index in [1.165, 1.54) is 62.5 Å². The molecule has 0 N–H and O–H groups in total. The van der Waals surface area contributed by atoms with Crippen LogP contribution in [0.2, 0.25) is 0 Å². The molecule has 0 bridgehead atoms. The second-order valence-electron chi connectivity index (χ2n) is 11.3. The fourth-order valence-electron chi connectivity index (χ4n) is 5.50. The summed E-state index contributed by atoms with van der Waals surface area (Å²) in [5.41, 5.74) is 4.54. The zero-order chi connectivity index (χ0) is 31.2. The van der Waals surface area contributed by atoms with E-state index in [1.54, 1.807) is 44.6 Å². The summed E-state index contributed by atoms with van der Waals surface area (Å²) in [7, 11) is -0.206. The van der Waals surface area contributed by atoms with Crippen molar-refractivity contribution in [3.63, 3.8) is 0 Å². The molecule has 0 fully saturated rings. The third-order valence-corrected chi connectivity index (χ3v) is 9.37. The van der Waals surface area contributed by atoms with Gasteiger partial charge in [0.25, 0.3) is 10.1 Å². The molecule has 5 rings (SSSR count). The summed E-state index contributed by atoms with van der Waals surface area (Å²) in [5.74, 6) is 2.66. The first kappa shape index (κ1) is 33.5. The predicted molar refractivity (Wildman–Crippen MR) is 178 cm³/mol. The summed E-state index contributed by atoms with van der Waals surface area (Å²) in [6.07, 6.45) is 14.3. The van der Waals surface area contributed by atoms with Crippen LogP contribution in [0.1, 0.15) is 82.3 Å². The fraction of sp³-hybridized carbons (Fsp3) is 0.432. The third-order valence-electron chi connectivity index (χ3n) is 8.04. The van der Waals surface area contributed by atoms with E-state index in [0.717, 1.165) is 59.5 Å². The van der Waals surface area contributed by atoms with E-state index in [2.05, 4.69) is 25.1 Å². The molecule has 0 radical (unpaired) electrons. The Morgan fingerprint density at radius 1 is 0.682 bits per heavy atom. The average molecular weight is 620 g/mol. The number of aryl methyl sites for hydroxylation is 2. The van der Waals surface area contributed by atoms with Crippen LogP contribution in [0, 0.1) is 0 Å². The summed E-state index contributed by atoms with van der Waals surface area (Å²) >= 11 is 0. The number of benzene rings is 3. The molecule has 44 heavy (non-hydrogen) atoms. The van der Waals surface area contributed by atoms with Gasteiger partial charge in [0.1, 0.15) is 11.5 Å². The zero-order valence-electron chi connectivity index (χ0n) is 26.5. The molecular formula is C37H47O6S+. The van der Waals surface area contributed by atoms with E-state index in [1.807, 2.05) is 24.3 Å². The molecule has 4 aromatic rings. The van der Waals surface area contributed by atoms with Gasteiger partial charge in [0.05, 0.1) is 48.3 Å². The van der Waals surface area contributed by atoms with Gasteiger partial charge >= 0.3 is 11.3 Å². The Morgan fingerprint density at radius 3 is 1.98 bits per heavy atom. The van der Waals surface area contributed by atoms with Crippen molar-refractivity contribution >= 4 is 21.1 Å². The van der Waals surface area contributed by atoms with E-state index in [4.69, 9.17) is 18.1 Å². The molecule has 6 nitrogen and oxygen atoms in total. The second kappa shape index (κ2) is 17.2. The van der Waals surface area contributed by atoms with Crippen molar-refractivity contribution in [2.24, 2.45) is 0 Å². The highest BCUT2D eigenvalue weighted by Crippen LogP contribution is 2.38. The summed E-state index contributed by atoms with van der Waals surface area (Å²) in [6.45, 7) is 2.52. The minimum atomic E-state index is -3.57. The van der Waals surface area contributed by atoms with Gasteiger partial charge < -0.3 is 9.47 Å². The molecule has 3 aromatic carbocycles. The topological polar surface area (TPSA) is 73.1 Å². The number of ether oxygens (including phenoxy) is 2. The Morgan fingerprint density at radius 2 is 1.30 bits per heavy atom. The maximum atomic E-state index is 11.9. The van der Waals surface area contributed by atoms with Gasteiger partial charge in [-0.25, -0.2) is 4.42 Å². The molecule has 0 amide bonds. The first-order valence-electron chi connectivity index (χ1n) is 16.0. The van der Waals surface area contributed by atoms with Crippen LogP contribution in [0.3, 0.4) is 0 Å². The molecule has 7 heteroatoms. The minimum absolute atomic E-state index is 0.238. The fourth-order valence-corrected chi connectivity index (χ4v) is 6.46. The van der Waals surface area contributed by atoms with E-state index >= 15 is 0 Å². The van der Waals surface area contributed by atoms with Crippen LogP contribution in [-0.2, 0) is 27.1 Å². The molecule has 1 aromatic heterocycles. The summed E-state index contributed by atoms with van der Waals surface area (Å²) in [5, 5.41) is 1.11. The SMILES string of the molecule is CCCCCCCCCCCCOS(=O)(=O)c1ccccc1.COc1ccc2c(c1)CCc1cc3ccc(OC)cc3[o+]c1-2. The summed E-state index contributed by atoms with van der Waals surface area (Å²) < 4.78 is 45.6. The van der Waals surface area contributed by atoms with Gasteiger partial charge in [0.2, 0.25) is 0 Å². The Labute approximate surface area is 263 Å². The van der Waals surface area contributed by atoms with Crippen LogP contribution in [0.5, 0.6) is 11.5 Å². The third kappa shape index (κ3) is 9.54. The van der Waals surface area contributed by atoms with Crippen molar-refractivity contribution in [2.45, 2.75) is 88.9 Å². The lowest BCUT2D eigenvalue weighted by Crippen LogP contribution is -2.07. The van der Waals surface area contributed by atoms with Gasteiger partial charge in [-0.05, 0) is 73.4 Å². The summed E-state index contributed by atoms with van der Waals surface area (Å²) in [4.78, 5) is 0.238. The van der Waals surface area contributed by atoms with Crippen LogP contribution >= 0.6 is 0 Å². The predicted octanol–water partition coefficient (Wildman–Crippen LogP) is 9.81. The minimum Gasteiger partial charge on any atom is -0.497 e. The zero-order valence-corrected chi connectivity index (χ0v) is 27.3. The quantitative estimate of drug-likeness (QED) is 0.0749. The highest BCUT2D eigenvalue weighted by Gasteiger charge is 2.28. The van der Waals surface area contributed by atoms with Crippen LogP contribution in [0.15, 0.2) is 82.1 Å². The molecule has 0 atom stereocenters. The molecule has 0 saturated heterocycles. The lowest BCUT2D eigenvalue weighted by Gasteiger charge is -2.14. The van der Waals surface area contributed by atoms with Crippen molar-refractivity contribution in [1.29, 1.82) is 0 Å². The number of hydrogen-bond acceptors (Lipinski definition) is 5. The molecule has 0 saturated carbocycles. The van der Waals surface area contributed by atoms with Crippen molar-refractivity contribution < 1.29 is 26.5 Å². The van der Waals surface area contributed by atoms with Crippen LogP contribution in [-0.4, -0.2) is 29.2 Å². The van der Waals surface area contributed by atoms with E-state index in [0.29, 0.717) is 0 Å². The van der Waals surface area contributed by atoms with E-state index < -0.39 is 10.1 Å². The van der Waals surface area contributed by atoms with Gasteiger partial charge in [-0.2, -0.15) is 8.42 Å². The van der Waals surface area contributed by atoms with Gasteiger partial charge in [0, 0.05) is 0 Å². The summed E-state index contributed by atoms with van der Waals surface area (Å²) in [6, 6.07) is 22.7. The van der Waals surface area contributed by atoms with Crippen molar-refractivity contribution in [1.82, 2.24) is 0 Å². The first-order chi connectivity index (χ1) is 21.4. The number of hydrogen-bond donors (Lipinski definition) is 0. The molecule has 1 aliphatic carbocycles. The van der Waals surface area contributed by atoms with Gasteiger partial charge in [-0.1, -0.05) is 82.9 Å². The monoisotopic (exact) mass is 619 g/mol. The molecule has 1 aliphatic rings. The Hall–Kier alpha value is -3.42. The Balaban J connectivity index is 0.000000201. The van der Waals surface area contributed by atoms with Crippen LogP contribution in [0.25, 0.3) is 22.3 Å². The smallest absolute Gasteiger partial charge is 0.364 e. The maximum Gasteiger partial charge on any atom is 0.364 e. The molecule has 0 aliphatic heterocycles. The number of fused-ring (bicyclic) bond motifs is 4. The number of unbranched alkanes of at least 4 members (excludes halogenated alkanes) is 9. The van der Waals surface area contributed by atoms with Gasteiger partial charge in [0.15, 0.2) is 0 Å². The van der Waals surface area contributed by atoms with E-state index in [-0.39, 0.29) is 11.5 Å². The average Bonchev–Trinajstić information content (AvgIpc) is 3.06. The number of rotatable bonds is 15. The molecule has 0 spiro atoms. The first-order valence-corrected chi connectivity index (χ1v) is 17.4. The second-order valence-corrected chi connectivity index (χ2v) is 12.9. The van der Waals surface area contributed by atoms with Crippen molar-refractivity contribution in [3.05, 3.63) is 83.9 Å². The molecule has 1 heterocycles. The highest BCUT2D eigenvalue weighted by molar-refractivity contribution is 7.86. The molecule has 0 unspecified atom stereocenters. The standard InChI is InChI=1S/C19H17O3.C18H30O3S/c1-20-15-7-8-17-12(10-15)3-4-14-9-13-5-6-16(21-2)11-18(13)22-19(14)17;1-2-3-4-5-6-7-8-9-10-14-17-21-22(19,20)18-15-12-11-13-16-18/h5-11H,3-4H2,1-2H3;11-13,15-16H,2-10,14,17H2,1H3/q+1;. The lowest BCUT2D eigenvalue weighted by atomic mass is 9.89. The Bertz CT molecular complexity index is 1570. The van der Waals surface area contributed by atoms with Crippen LogP contribution < -0.4 is 9.47 Å². The largest absolute Gasteiger partial charge is 0.497 e. The Kier molecular flexibility index (Phi) is 13.1. The van der Waals surface area contributed by atoms with E-state index in [9.17, 15) is 8.42 Å². The lowest BCUT2D eigenvalue weighted by molar-refractivity contribution is 0.306. The molecular weight excluding hydrogens is 572 g/mol. The normalized spacial score (nSPS) is 12.2. The van der Waals surface area contributed by atoms with Gasteiger partial charge in [-0.3, -0.25) is 4.18 Å². The van der Waals surface area contributed by atoms with Crippen molar-refractivity contribution in [3.8, 4) is 22.8 Å². The van der Waals surface area contributed by atoms with Gasteiger partial charge in [-0.15, -0.1) is 0 Å². The van der Waals surface area contributed by atoms with Crippen molar-refractivity contribution in [2.75, 3.05) is 20.8 Å².